The van der Waals surface area contributed by atoms with E-state index < -0.39 is 47.0 Å². The van der Waals surface area contributed by atoms with Gasteiger partial charge in [-0.25, -0.2) is 22.5 Å². The molecule has 2 aromatic heterocycles. The summed E-state index contributed by atoms with van der Waals surface area (Å²) in [6.45, 7) is 8.41. The fourth-order valence-corrected chi connectivity index (χ4v) is 5.29. The number of anilines is 2. The number of aryl methyl sites for hydroxylation is 1. The molecule has 1 saturated heterocycles. The first-order valence-corrected chi connectivity index (χ1v) is 13.8. The molecule has 0 saturated carbocycles. The zero-order valence-corrected chi connectivity index (χ0v) is 24.6. The standard InChI is InChI=1S/C31H32F4N6O3/c1-6-24(44)39-12-13-40(22(15-39)29(34)35)30(36-5)19-14-21(33)27(25-20(32)8-7-9-23(25)43)38-31(19)41(16-42)28-18(4)10-11-37-26(28)17(2)3/h6-11,14,16-17,22,29,43H,1,12-13,15H2,2-5H3. The van der Waals surface area contributed by atoms with E-state index in [1.807, 2.05) is 13.8 Å². The lowest BCUT2D eigenvalue weighted by Crippen LogP contribution is -2.59. The molecular formula is C31H32F4N6O3. The van der Waals surface area contributed by atoms with E-state index in [-0.39, 0.29) is 42.8 Å². The molecule has 232 valence electrons. The van der Waals surface area contributed by atoms with Gasteiger partial charge in [0.2, 0.25) is 12.3 Å². The molecule has 0 spiro atoms. The number of phenolic OH excluding ortho intramolecular Hbond substituents is 1. The number of halogens is 4. The maximum absolute atomic E-state index is 15.9. The minimum absolute atomic E-state index is 0.0378. The molecule has 1 fully saturated rings. The maximum Gasteiger partial charge on any atom is 0.260 e. The molecule has 1 N–H and O–H groups in total. The van der Waals surface area contributed by atoms with Crippen LogP contribution in [0.2, 0.25) is 0 Å². The normalized spacial score (nSPS) is 15.6. The zero-order chi connectivity index (χ0) is 32.3. The molecule has 44 heavy (non-hydrogen) atoms. The summed E-state index contributed by atoms with van der Waals surface area (Å²) in [5.74, 6) is -3.77. The number of rotatable bonds is 8. The van der Waals surface area contributed by atoms with Gasteiger partial charge in [0.15, 0.2) is 11.6 Å². The van der Waals surface area contributed by atoms with E-state index in [0.29, 0.717) is 23.4 Å². The van der Waals surface area contributed by atoms with Crippen LogP contribution in [-0.4, -0.2) is 82.2 Å². The fraction of sp³-hybridized carbons (Fsp3) is 0.323. The number of pyridine rings is 2. The number of alkyl halides is 2. The van der Waals surface area contributed by atoms with Crippen LogP contribution in [0.4, 0.5) is 29.1 Å². The van der Waals surface area contributed by atoms with Gasteiger partial charge < -0.3 is 14.9 Å². The Kier molecular flexibility index (Phi) is 9.65. The number of aromatic hydroxyl groups is 1. The molecule has 13 heteroatoms. The first-order valence-electron chi connectivity index (χ1n) is 13.8. The number of benzene rings is 1. The lowest BCUT2D eigenvalue weighted by Gasteiger charge is -2.42. The summed E-state index contributed by atoms with van der Waals surface area (Å²) < 4.78 is 59.8. The Balaban J connectivity index is 2.01. The van der Waals surface area contributed by atoms with Crippen molar-refractivity contribution in [2.75, 3.05) is 31.6 Å². The molecule has 4 rings (SSSR count). The van der Waals surface area contributed by atoms with Crippen LogP contribution >= 0.6 is 0 Å². The van der Waals surface area contributed by atoms with Crippen LogP contribution in [0.25, 0.3) is 11.3 Å². The molecule has 0 radical (unpaired) electrons. The molecule has 0 aliphatic carbocycles. The number of piperazine rings is 1. The van der Waals surface area contributed by atoms with Crippen molar-refractivity contribution in [1.82, 2.24) is 19.8 Å². The molecule has 9 nitrogen and oxygen atoms in total. The van der Waals surface area contributed by atoms with Crippen LogP contribution in [0, 0.1) is 18.6 Å². The maximum atomic E-state index is 15.9. The summed E-state index contributed by atoms with van der Waals surface area (Å²) in [6, 6.07) is 4.43. The molecule has 0 bridgehead atoms. The quantitative estimate of drug-likeness (QED) is 0.124. The van der Waals surface area contributed by atoms with Crippen molar-refractivity contribution >= 4 is 29.7 Å². The van der Waals surface area contributed by atoms with Gasteiger partial charge in [0, 0.05) is 32.9 Å². The van der Waals surface area contributed by atoms with Crippen LogP contribution in [0.1, 0.15) is 36.6 Å². The van der Waals surface area contributed by atoms with Crippen molar-refractivity contribution in [3.8, 4) is 17.0 Å². The van der Waals surface area contributed by atoms with Crippen LogP contribution in [-0.2, 0) is 9.59 Å². The Morgan fingerprint density at radius 2 is 1.93 bits per heavy atom. The third-order valence-electron chi connectivity index (χ3n) is 7.38. The van der Waals surface area contributed by atoms with Gasteiger partial charge in [-0.2, -0.15) is 0 Å². The highest BCUT2D eigenvalue weighted by Gasteiger charge is 2.39. The van der Waals surface area contributed by atoms with Gasteiger partial charge in [-0.1, -0.05) is 26.5 Å². The molecular weight excluding hydrogens is 580 g/mol. The number of carbonyl (C=O) groups is 2. The fourth-order valence-electron chi connectivity index (χ4n) is 5.29. The van der Waals surface area contributed by atoms with Crippen molar-refractivity contribution in [1.29, 1.82) is 0 Å². The van der Waals surface area contributed by atoms with E-state index in [1.54, 1.807) is 19.2 Å². The monoisotopic (exact) mass is 612 g/mol. The molecule has 1 aliphatic heterocycles. The average molecular weight is 613 g/mol. The van der Waals surface area contributed by atoms with Crippen LogP contribution < -0.4 is 4.90 Å². The number of hydrogen-bond donors (Lipinski definition) is 1. The van der Waals surface area contributed by atoms with E-state index in [0.717, 1.165) is 29.2 Å². The lowest BCUT2D eigenvalue weighted by atomic mass is 10.0. The Bertz CT molecular complexity index is 1590. The molecule has 3 aromatic rings. The number of phenols is 1. The van der Waals surface area contributed by atoms with Crippen molar-refractivity contribution in [2.45, 2.75) is 39.2 Å². The van der Waals surface area contributed by atoms with Crippen molar-refractivity contribution in [3.05, 3.63) is 77.6 Å². The number of aromatic nitrogens is 2. The highest BCUT2D eigenvalue weighted by molar-refractivity contribution is 6.07. The zero-order valence-electron chi connectivity index (χ0n) is 24.6. The summed E-state index contributed by atoms with van der Waals surface area (Å²) in [5, 5.41) is 10.5. The first kappa shape index (κ1) is 32.1. The van der Waals surface area contributed by atoms with E-state index in [1.165, 1.54) is 22.9 Å². The predicted octanol–water partition coefficient (Wildman–Crippen LogP) is 5.19. The summed E-state index contributed by atoms with van der Waals surface area (Å²) >= 11 is 0. The Morgan fingerprint density at radius 1 is 1.20 bits per heavy atom. The van der Waals surface area contributed by atoms with Gasteiger partial charge in [0.05, 0.1) is 22.5 Å². The average Bonchev–Trinajstić information content (AvgIpc) is 2.99. The van der Waals surface area contributed by atoms with E-state index >= 15 is 4.39 Å². The summed E-state index contributed by atoms with van der Waals surface area (Å²) in [7, 11) is 1.32. The van der Waals surface area contributed by atoms with E-state index in [9.17, 15) is 27.9 Å². The summed E-state index contributed by atoms with van der Waals surface area (Å²) in [5.41, 5.74) is 0.0861. The second-order valence-corrected chi connectivity index (χ2v) is 10.4. The second kappa shape index (κ2) is 13.2. The Hall–Kier alpha value is -4.81. The number of nitrogens with zero attached hydrogens (tertiary/aromatic N) is 6. The summed E-state index contributed by atoms with van der Waals surface area (Å²) in [6.07, 6.45) is 0.0720. The van der Waals surface area contributed by atoms with Gasteiger partial charge in [-0.15, -0.1) is 0 Å². The predicted molar refractivity (Wildman–Crippen MR) is 158 cm³/mol. The van der Waals surface area contributed by atoms with E-state index in [4.69, 9.17) is 0 Å². The molecule has 1 aliphatic rings. The van der Waals surface area contributed by atoms with E-state index in [2.05, 4.69) is 21.5 Å². The lowest BCUT2D eigenvalue weighted by molar-refractivity contribution is -0.129. The van der Waals surface area contributed by atoms with Crippen LogP contribution in [0.15, 0.2) is 54.2 Å². The number of carbonyl (C=O) groups excluding carboxylic acids is 2. The highest BCUT2D eigenvalue weighted by atomic mass is 19.3. The molecule has 1 unspecified atom stereocenters. The number of aliphatic imine (C=N–C) groups is 1. The van der Waals surface area contributed by atoms with Gasteiger partial charge in [-0.05, 0) is 48.7 Å². The van der Waals surface area contributed by atoms with Crippen molar-refractivity contribution in [2.24, 2.45) is 4.99 Å². The van der Waals surface area contributed by atoms with Crippen LogP contribution in [0.3, 0.4) is 0 Å². The summed E-state index contributed by atoms with van der Waals surface area (Å²) in [4.78, 5) is 41.7. The van der Waals surface area contributed by atoms with Crippen molar-refractivity contribution in [3.63, 3.8) is 0 Å². The van der Waals surface area contributed by atoms with Gasteiger partial charge in [0.25, 0.3) is 6.43 Å². The smallest absolute Gasteiger partial charge is 0.260 e. The number of hydrogen-bond acceptors (Lipinski definition) is 6. The number of amidine groups is 1. The second-order valence-electron chi connectivity index (χ2n) is 10.4. The van der Waals surface area contributed by atoms with Crippen molar-refractivity contribution < 1.29 is 32.3 Å². The Labute approximate surface area is 252 Å². The third kappa shape index (κ3) is 5.99. The molecule has 1 atom stereocenters. The Morgan fingerprint density at radius 3 is 2.52 bits per heavy atom. The highest BCUT2D eigenvalue weighted by Crippen LogP contribution is 2.39. The minimum atomic E-state index is -2.95. The topological polar surface area (TPSA) is 102 Å². The molecule has 2 amide bonds. The SMILES string of the molecule is C=CC(=O)N1CCN(C(=NC)c2cc(F)c(-c3c(O)cccc3F)nc2N(C=O)c2c(C)ccnc2C(C)C)C(C(F)F)C1. The first-order chi connectivity index (χ1) is 20.9. The third-order valence-corrected chi connectivity index (χ3v) is 7.38. The molecule has 1 aromatic carbocycles. The van der Waals surface area contributed by atoms with Crippen LogP contribution in [0.5, 0.6) is 5.75 Å². The van der Waals surface area contributed by atoms with Gasteiger partial charge in [0.1, 0.15) is 29.1 Å². The number of amides is 2. The van der Waals surface area contributed by atoms with Gasteiger partial charge in [-0.3, -0.25) is 24.5 Å². The largest absolute Gasteiger partial charge is 0.507 e. The van der Waals surface area contributed by atoms with Gasteiger partial charge >= 0.3 is 0 Å². The molecule has 3 heterocycles. The minimum Gasteiger partial charge on any atom is -0.507 e.